The van der Waals surface area contributed by atoms with Gasteiger partial charge in [-0.3, -0.25) is 0 Å². The van der Waals surface area contributed by atoms with Gasteiger partial charge >= 0.3 is 0 Å². The molecule has 2 N–H and O–H groups in total. The number of rotatable bonds is 14. The van der Waals surface area contributed by atoms with Gasteiger partial charge in [0.15, 0.2) is 0 Å². The number of hydrogen-bond acceptors (Lipinski definition) is 6. The fourth-order valence-electron chi connectivity index (χ4n) is 1.70. The maximum Gasteiger partial charge on any atom is 0.0827 e. The highest BCUT2D eigenvalue weighted by Crippen LogP contribution is 2.00. The lowest BCUT2D eigenvalue weighted by atomic mass is 10.2. The van der Waals surface area contributed by atoms with Crippen molar-refractivity contribution in [2.24, 2.45) is 5.73 Å². The van der Waals surface area contributed by atoms with Crippen LogP contribution in [0, 0.1) is 0 Å². The van der Waals surface area contributed by atoms with E-state index < -0.39 is 0 Å². The van der Waals surface area contributed by atoms with Gasteiger partial charge in [-0.25, -0.2) is 4.68 Å². The average Bonchev–Trinajstić information content (AvgIpc) is 2.95. The number of nitrogens with zero attached hydrogens (tertiary/aromatic N) is 3. The number of aryl methyl sites for hydroxylation is 1. The van der Waals surface area contributed by atoms with Crippen LogP contribution in [0.3, 0.4) is 0 Å². The lowest BCUT2D eigenvalue weighted by molar-refractivity contribution is 0.0141. The van der Waals surface area contributed by atoms with Crippen molar-refractivity contribution in [3.05, 3.63) is 11.9 Å². The SMILES string of the molecule is CCCCc1cn(CCOCCOCCOCCN)nn1. The highest BCUT2D eigenvalue weighted by molar-refractivity contribution is 4.91. The summed E-state index contributed by atoms with van der Waals surface area (Å²) in [6.07, 6.45) is 5.32. The van der Waals surface area contributed by atoms with Crippen molar-refractivity contribution >= 4 is 0 Å². The van der Waals surface area contributed by atoms with Crippen LogP contribution in [0.1, 0.15) is 25.5 Å². The van der Waals surface area contributed by atoms with E-state index in [1.165, 1.54) is 6.42 Å². The largest absolute Gasteiger partial charge is 0.378 e. The van der Waals surface area contributed by atoms with E-state index in [9.17, 15) is 0 Å². The second-order valence-corrected chi connectivity index (χ2v) is 4.70. The van der Waals surface area contributed by atoms with Crippen LogP contribution in [0.4, 0.5) is 0 Å². The molecule has 0 bridgehead atoms. The monoisotopic (exact) mass is 300 g/mol. The predicted molar refractivity (Wildman–Crippen MR) is 80.1 cm³/mol. The first-order valence-corrected chi connectivity index (χ1v) is 7.69. The van der Waals surface area contributed by atoms with E-state index in [0.717, 1.165) is 25.1 Å². The Morgan fingerprint density at radius 2 is 1.71 bits per heavy atom. The molecule has 0 unspecified atom stereocenters. The van der Waals surface area contributed by atoms with E-state index in [1.54, 1.807) is 0 Å². The molecular formula is C14H28N4O3. The molecule has 1 heterocycles. The Bertz CT molecular complexity index is 347. The van der Waals surface area contributed by atoms with Gasteiger partial charge < -0.3 is 19.9 Å². The molecule has 1 rings (SSSR count). The summed E-state index contributed by atoms with van der Waals surface area (Å²) in [5, 5.41) is 8.20. The van der Waals surface area contributed by atoms with Crippen molar-refractivity contribution in [2.45, 2.75) is 32.7 Å². The Balaban J connectivity index is 1.91. The van der Waals surface area contributed by atoms with Gasteiger partial charge in [0, 0.05) is 12.7 Å². The molecule has 0 atom stereocenters. The van der Waals surface area contributed by atoms with Gasteiger partial charge in [0.1, 0.15) is 0 Å². The first-order valence-electron chi connectivity index (χ1n) is 7.69. The fraction of sp³-hybridized carbons (Fsp3) is 0.857. The zero-order valence-corrected chi connectivity index (χ0v) is 13.0. The molecule has 0 fully saturated rings. The third-order valence-electron chi connectivity index (χ3n) is 2.84. The van der Waals surface area contributed by atoms with Crippen LogP contribution < -0.4 is 5.73 Å². The number of hydrogen-bond donors (Lipinski definition) is 1. The first kappa shape index (κ1) is 18.0. The van der Waals surface area contributed by atoms with Crippen molar-refractivity contribution in [1.29, 1.82) is 0 Å². The normalized spacial score (nSPS) is 11.1. The summed E-state index contributed by atoms with van der Waals surface area (Å²) >= 11 is 0. The molecule has 1 aromatic heterocycles. The molecule has 7 heteroatoms. The van der Waals surface area contributed by atoms with Gasteiger partial charge in [0.25, 0.3) is 0 Å². The molecule has 0 radical (unpaired) electrons. The minimum atomic E-state index is 0.547. The fourth-order valence-corrected chi connectivity index (χ4v) is 1.70. The smallest absolute Gasteiger partial charge is 0.0827 e. The molecule has 0 amide bonds. The lowest BCUT2D eigenvalue weighted by Gasteiger charge is -2.06. The second-order valence-electron chi connectivity index (χ2n) is 4.70. The van der Waals surface area contributed by atoms with Crippen molar-refractivity contribution in [3.8, 4) is 0 Å². The van der Waals surface area contributed by atoms with E-state index in [2.05, 4.69) is 17.2 Å². The van der Waals surface area contributed by atoms with Gasteiger partial charge in [0.2, 0.25) is 0 Å². The molecule has 0 aliphatic rings. The van der Waals surface area contributed by atoms with Crippen molar-refractivity contribution in [2.75, 3.05) is 46.2 Å². The molecule has 0 aliphatic carbocycles. The van der Waals surface area contributed by atoms with Crippen molar-refractivity contribution in [1.82, 2.24) is 15.0 Å². The number of ether oxygens (including phenoxy) is 3. The van der Waals surface area contributed by atoms with Crippen LogP contribution in [0.2, 0.25) is 0 Å². The van der Waals surface area contributed by atoms with Crippen LogP contribution >= 0.6 is 0 Å². The van der Waals surface area contributed by atoms with Gasteiger partial charge in [0.05, 0.1) is 51.9 Å². The van der Waals surface area contributed by atoms with Gasteiger partial charge in [-0.15, -0.1) is 5.10 Å². The molecule has 0 saturated heterocycles. The van der Waals surface area contributed by atoms with E-state index >= 15 is 0 Å². The molecule has 7 nitrogen and oxygen atoms in total. The Hall–Kier alpha value is -1.02. The highest BCUT2D eigenvalue weighted by atomic mass is 16.5. The van der Waals surface area contributed by atoms with E-state index in [4.69, 9.17) is 19.9 Å². The summed E-state index contributed by atoms with van der Waals surface area (Å²) in [6.45, 7) is 6.94. The summed E-state index contributed by atoms with van der Waals surface area (Å²) in [5.74, 6) is 0. The van der Waals surface area contributed by atoms with E-state index in [-0.39, 0.29) is 0 Å². The molecule has 0 saturated carbocycles. The molecular weight excluding hydrogens is 272 g/mol. The molecule has 0 spiro atoms. The molecule has 0 aliphatic heterocycles. The predicted octanol–water partition coefficient (Wildman–Crippen LogP) is 0.629. The van der Waals surface area contributed by atoms with Crippen molar-refractivity contribution in [3.63, 3.8) is 0 Å². The maximum absolute atomic E-state index is 5.48. The molecule has 1 aromatic rings. The van der Waals surface area contributed by atoms with Gasteiger partial charge in [-0.2, -0.15) is 0 Å². The summed E-state index contributed by atoms with van der Waals surface area (Å²) in [5.41, 5.74) is 6.35. The summed E-state index contributed by atoms with van der Waals surface area (Å²) in [7, 11) is 0. The maximum atomic E-state index is 5.48. The standard InChI is InChI=1S/C14H28N4O3/c1-2-3-4-14-13-18(17-16-14)6-8-20-10-12-21-11-9-19-7-5-15/h13H,2-12,15H2,1H3. The number of unbranched alkanes of at least 4 members (excludes halogenated alkanes) is 1. The Kier molecular flexibility index (Phi) is 10.9. The minimum Gasteiger partial charge on any atom is -0.378 e. The van der Waals surface area contributed by atoms with Crippen LogP contribution in [0.15, 0.2) is 6.20 Å². The van der Waals surface area contributed by atoms with Crippen LogP contribution in [0.25, 0.3) is 0 Å². The Morgan fingerprint density at radius 1 is 1.05 bits per heavy atom. The van der Waals surface area contributed by atoms with Crippen LogP contribution in [-0.2, 0) is 27.2 Å². The van der Waals surface area contributed by atoms with Crippen molar-refractivity contribution < 1.29 is 14.2 Å². The Morgan fingerprint density at radius 3 is 2.38 bits per heavy atom. The third-order valence-corrected chi connectivity index (χ3v) is 2.84. The van der Waals surface area contributed by atoms with E-state index in [0.29, 0.717) is 46.2 Å². The molecule has 0 aromatic carbocycles. The summed E-state index contributed by atoms with van der Waals surface area (Å²) in [6, 6.07) is 0. The van der Waals surface area contributed by atoms with Gasteiger partial charge in [-0.1, -0.05) is 18.6 Å². The van der Waals surface area contributed by atoms with Crippen LogP contribution in [-0.4, -0.2) is 61.2 Å². The highest BCUT2D eigenvalue weighted by Gasteiger charge is 2.00. The topological polar surface area (TPSA) is 84.4 Å². The second kappa shape index (κ2) is 12.7. The molecule has 122 valence electrons. The zero-order chi connectivity index (χ0) is 15.2. The Labute approximate surface area is 126 Å². The van der Waals surface area contributed by atoms with E-state index in [1.807, 2.05) is 10.9 Å². The quantitative estimate of drug-likeness (QED) is 0.507. The minimum absolute atomic E-state index is 0.547. The number of aromatic nitrogens is 3. The average molecular weight is 300 g/mol. The molecule has 21 heavy (non-hydrogen) atoms. The van der Waals surface area contributed by atoms with Crippen LogP contribution in [0.5, 0.6) is 0 Å². The summed E-state index contributed by atoms with van der Waals surface area (Å²) < 4.78 is 17.9. The lowest BCUT2D eigenvalue weighted by Crippen LogP contribution is -2.14. The first-order chi connectivity index (χ1) is 10.4. The zero-order valence-electron chi connectivity index (χ0n) is 13.0. The van der Waals surface area contributed by atoms with Gasteiger partial charge in [-0.05, 0) is 12.8 Å². The number of nitrogens with two attached hydrogens (primary N) is 1. The third kappa shape index (κ3) is 9.52. The summed E-state index contributed by atoms with van der Waals surface area (Å²) in [4.78, 5) is 0.